The molecular weight excluding hydrogens is 419 g/mol. The van der Waals surface area contributed by atoms with E-state index in [1.807, 2.05) is 73.7 Å². The topological polar surface area (TPSA) is 82.5 Å². The van der Waals surface area contributed by atoms with E-state index in [4.69, 9.17) is 4.98 Å². The van der Waals surface area contributed by atoms with Crippen molar-refractivity contribution in [3.63, 3.8) is 0 Å². The van der Waals surface area contributed by atoms with E-state index >= 15 is 0 Å². The van der Waals surface area contributed by atoms with Crippen molar-refractivity contribution in [2.45, 2.75) is 18.6 Å². The van der Waals surface area contributed by atoms with Crippen LogP contribution in [0.5, 0.6) is 0 Å². The summed E-state index contributed by atoms with van der Waals surface area (Å²) in [6, 6.07) is 31.3. The van der Waals surface area contributed by atoms with Gasteiger partial charge >= 0.3 is 7.60 Å². The highest BCUT2D eigenvalue weighted by Gasteiger charge is 2.53. The summed E-state index contributed by atoms with van der Waals surface area (Å²) in [4.78, 5) is 26.7. The minimum atomic E-state index is -4.87. The summed E-state index contributed by atoms with van der Waals surface area (Å²) in [6.45, 7) is 1.97. The Labute approximate surface area is 188 Å². The van der Waals surface area contributed by atoms with E-state index in [2.05, 4.69) is 5.32 Å². The Morgan fingerprint density at radius 3 is 1.94 bits per heavy atom. The van der Waals surface area contributed by atoms with E-state index in [1.54, 1.807) is 36.4 Å². The average molecular weight is 444 g/mol. The molecule has 1 atom stereocenters. The van der Waals surface area contributed by atoms with Crippen LogP contribution in [-0.4, -0.2) is 14.8 Å². The summed E-state index contributed by atoms with van der Waals surface area (Å²) in [5, 5.41) is 1.32. The molecule has 0 bridgehead atoms. The first-order chi connectivity index (χ1) is 15.5. The molecule has 0 fully saturated rings. The number of pyridine rings is 1. The maximum atomic E-state index is 13.4. The van der Waals surface area contributed by atoms with Crippen molar-refractivity contribution < 1.29 is 14.4 Å². The first-order valence-electron chi connectivity index (χ1n) is 10.5. The number of anilines is 1. The lowest BCUT2D eigenvalue weighted by Crippen LogP contribution is -2.38. The molecule has 1 heterocycles. The van der Waals surface area contributed by atoms with E-state index in [0.717, 1.165) is 11.3 Å². The SMILES string of the molecule is CCc1ccc(-c2ccccc2)c(C(Nc2ccccc2)(c2ccccc2)P(=O)(O)O)n1. The minimum Gasteiger partial charge on any atom is -0.360 e. The van der Waals surface area contributed by atoms with Crippen LogP contribution < -0.4 is 5.32 Å². The summed E-state index contributed by atoms with van der Waals surface area (Å²) in [7, 11) is -4.87. The summed E-state index contributed by atoms with van der Waals surface area (Å²) in [5.41, 5.74) is 3.58. The Hall–Kier alpha value is -3.24. The highest BCUT2D eigenvalue weighted by molar-refractivity contribution is 7.53. The van der Waals surface area contributed by atoms with Gasteiger partial charge in [-0.2, -0.15) is 0 Å². The Morgan fingerprint density at radius 1 is 0.812 bits per heavy atom. The first kappa shape index (κ1) is 22.0. The second-order valence-electron chi connectivity index (χ2n) is 7.53. The van der Waals surface area contributed by atoms with Crippen LogP contribution >= 0.6 is 7.60 Å². The first-order valence-corrected chi connectivity index (χ1v) is 12.1. The predicted octanol–water partition coefficient (Wildman–Crippen LogP) is 5.80. The molecule has 3 N–H and O–H groups in total. The normalized spacial score (nSPS) is 13.3. The van der Waals surface area contributed by atoms with E-state index in [1.165, 1.54) is 0 Å². The van der Waals surface area contributed by atoms with E-state index in [9.17, 15) is 14.4 Å². The number of nitrogens with zero attached hydrogens (tertiary/aromatic N) is 1. The van der Waals surface area contributed by atoms with Gasteiger partial charge in [-0.15, -0.1) is 0 Å². The smallest absolute Gasteiger partial charge is 0.360 e. The second kappa shape index (κ2) is 9.09. The van der Waals surface area contributed by atoms with Gasteiger partial charge in [-0.3, -0.25) is 9.55 Å². The number of hydrogen-bond acceptors (Lipinski definition) is 3. The third-order valence-corrected chi connectivity index (χ3v) is 6.93. The molecule has 6 heteroatoms. The average Bonchev–Trinajstić information content (AvgIpc) is 2.83. The summed E-state index contributed by atoms with van der Waals surface area (Å²) < 4.78 is 13.4. The van der Waals surface area contributed by atoms with Gasteiger partial charge in [-0.25, -0.2) is 0 Å². The summed E-state index contributed by atoms with van der Waals surface area (Å²) in [6.07, 6.45) is 0.638. The highest BCUT2D eigenvalue weighted by Crippen LogP contribution is 2.61. The lowest BCUT2D eigenvalue weighted by molar-refractivity contribution is 0.345. The lowest BCUT2D eigenvalue weighted by atomic mass is 9.93. The fourth-order valence-electron chi connectivity index (χ4n) is 3.88. The zero-order valence-electron chi connectivity index (χ0n) is 17.7. The molecule has 4 aromatic rings. The Kier molecular flexibility index (Phi) is 6.24. The third kappa shape index (κ3) is 4.11. The molecule has 1 aromatic heterocycles. The van der Waals surface area contributed by atoms with Crippen LogP contribution in [0.15, 0.2) is 103 Å². The fourth-order valence-corrected chi connectivity index (χ4v) is 5.09. The quantitative estimate of drug-likeness (QED) is 0.314. The van der Waals surface area contributed by atoms with E-state index in [-0.39, 0.29) is 0 Å². The molecule has 4 rings (SSSR count). The van der Waals surface area contributed by atoms with Crippen molar-refractivity contribution in [3.05, 3.63) is 120 Å². The number of aryl methyl sites for hydroxylation is 1. The monoisotopic (exact) mass is 444 g/mol. The van der Waals surface area contributed by atoms with Crippen LogP contribution in [0.4, 0.5) is 5.69 Å². The largest absolute Gasteiger partial charge is 0.361 e. The van der Waals surface area contributed by atoms with Crippen LogP contribution in [0.3, 0.4) is 0 Å². The highest BCUT2D eigenvalue weighted by atomic mass is 31.2. The van der Waals surface area contributed by atoms with Crippen LogP contribution in [0, 0.1) is 0 Å². The number of hydrogen-bond donors (Lipinski definition) is 3. The molecule has 0 amide bonds. The lowest BCUT2D eigenvalue weighted by Gasteiger charge is -2.37. The van der Waals surface area contributed by atoms with Gasteiger partial charge in [0.05, 0.1) is 5.69 Å². The molecule has 0 saturated carbocycles. The molecule has 0 radical (unpaired) electrons. The van der Waals surface area contributed by atoms with Crippen molar-refractivity contribution in [1.82, 2.24) is 4.98 Å². The Balaban J connectivity index is 2.10. The number of aromatic nitrogens is 1. The second-order valence-corrected chi connectivity index (χ2v) is 9.29. The Bertz CT molecular complexity index is 1230. The summed E-state index contributed by atoms with van der Waals surface area (Å²) in [5.74, 6) is 0. The van der Waals surface area contributed by atoms with Crippen LogP contribution in [0.1, 0.15) is 23.9 Å². The van der Waals surface area contributed by atoms with Gasteiger partial charge in [0.25, 0.3) is 0 Å². The molecular formula is C26H25N2O3P. The maximum Gasteiger partial charge on any atom is 0.361 e. The number of nitrogens with one attached hydrogen (secondary N) is 1. The molecule has 5 nitrogen and oxygen atoms in total. The zero-order chi connectivity index (χ0) is 22.6. The van der Waals surface area contributed by atoms with Crippen molar-refractivity contribution in [2.75, 3.05) is 5.32 Å². The zero-order valence-corrected chi connectivity index (χ0v) is 18.6. The van der Waals surface area contributed by atoms with Gasteiger partial charge in [0, 0.05) is 16.9 Å². The number of para-hydroxylation sites is 1. The minimum absolute atomic E-state index is 0.298. The van der Waals surface area contributed by atoms with E-state index in [0.29, 0.717) is 28.9 Å². The molecule has 0 aliphatic rings. The van der Waals surface area contributed by atoms with Crippen molar-refractivity contribution in [2.24, 2.45) is 0 Å². The van der Waals surface area contributed by atoms with Crippen LogP contribution in [0.25, 0.3) is 11.1 Å². The van der Waals surface area contributed by atoms with Gasteiger partial charge in [-0.05, 0) is 35.7 Å². The molecule has 0 aliphatic heterocycles. The fraction of sp³-hybridized carbons (Fsp3) is 0.115. The standard InChI is InChI=1S/C26H25N2O3P/c1-2-22-18-19-24(20-12-6-3-7-13-20)25(27-22)26(32(29,30)31,21-14-8-4-9-15-21)28-23-16-10-5-11-17-23/h3-19,28H,2H2,1H3,(H2,29,30,31). The molecule has 3 aromatic carbocycles. The molecule has 1 unspecified atom stereocenters. The Morgan fingerprint density at radius 2 is 1.38 bits per heavy atom. The molecule has 32 heavy (non-hydrogen) atoms. The summed E-state index contributed by atoms with van der Waals surface area (Å²) >= 11 is 0. The molecule has 0 aliphatic carbocycles. The van der Waals surface area contributed by atoms with Crippen molar-refractivity contribution in [1.29, 1.82) is 0 Å². The van der Waals surface area contributed by atoms with Gasteiger partial charge < -0.3 is 15.1 Å². The molecule has 0 spiro atoms. The van der Waals surface area contributed by atoms with Gasteiger partial charge in [0.1, 0.15) is 0 Å². The van der Waals surface area contributed by atoms with Gasteiger partial charge in [0.2, 0.25) is 5.28 Å². The van der Waals surface area contributed by atoms with Crippen molar-refractivity contribution >= 4 is 13.3 Å². The molecule has 162 valence electrons. The maximum absolute atomic E-state index is 13.4. The predicted molar refractivity (Wildman–Crippen MR) is 128 cm³/mol. The third-order valence-electron chi connectivity index (χ3n) is 5.47. The van der Waals surface area contributed by atoms with Gasteiger partial charge in [0.15, 0.2) is 0 Å². The number of rotatable bonds is 7. The molecule has 0 saturated heterocycles. The van der Waals surface area contributed by atoms with Crippen molar-refractivity contribution in [3.8, 4) is 11.1 Å². The van der Waals surface area contributed by atoms with Crippen LogP contribution in [-0.2, 0) is 16.3 Å². The van der Waals surface area contributed by atoms with E-state index < -0.39 is 12.9 Å². The van der Waals surface area contributed by atoms with Crippen LogP contribution in [0.2, 0.25) is 0 Å². The number of benzene rings is 3. The van der Waals surface area contributed by atoms with Gasteiger partial charge in [-0.1, -0.05) is 91.9 Å².